The SMILES string of the molecule is CCOCC(N)c1noc(-c2sc(C)nc2C)n1. The molecule has 0 aliphatic heterocycles. The molecule has 0 amide bonds. The minimum atomic E-state index is -0.364. The monoisotopic (exact) mass is 268 g/mol. The molecule has 0 aromatic carbocycles. The Kier molecular flexibility index (Phi) is 4.05. The molecule has 2 aromatic heterocycles. The van der Waals surface area contributed by atoms with E-state index in [1.807, 2.05) is 20.8 Å². The lowest BCUT2D eigenvalue weighted by Gasteiger charge is -2.05. The molecule has 0 saturated heterocycles. The molecular weight excluding hydrogens is 252 g/mol. The van der Waals surface area contributed by atoms with E-state index in [-0.39, 0.29) is 6.04 Å². The molecule has 7 heteroatoms. The van der Waals surface area contributed by atoms with Crippen LogP contribution in [0.3, 0.4) is 0 Å². The van der Waals surface area contributed by atoms with Crippen LogP contribution in [0.2, 0.25) is 0 Å². The van der Waals surface area contributed by atoms with Crippen LogP contribution < -0.4 is 5.73 Å². The highest BCUT2D eigenvalue weighted by atomic mass is 32.1. The second-order valence-corrected chi connectivity index (χ2v) is 5.07. The number of nitrogens with zero attached hydrogens (tertiary/aromatic N) is 3. The summed E-state index contributed by atoms with van der Waals surface area (Å²) < 4.78 is 10.5. The Labute approximate surface area is 109 Å². The first-order chi connectivity index (χ1) is 8.61. The molecule has 0 bridgehead atoms. The maximum Gasteiger partial charge on any atom is 0.269 e. The summed E-state index contributed by atoms with van der Waals surface area (Å²) in [6.45, 7) is 6.78. The van der Waals surface area contributed by atoms with Gasteiger partial charge in [0, 0.05) is 6.61 Å². The molecule has 98 valence electrons. The quantitative estimate of drug-likeness (QED) is 0.890. The summed E-state index contributed by atoms with van der Waals surface area (Å²) in [4.78, 5) is 9.52. The van der Waals surface area contributed by atoms with Crippen molar-refractivity contribution in [3.05, 3.63) is 16.5 Å². The summed E-state index contributed by atoms with van der Waals surface area (Å²) in [7, 11) is 0. The maximum absolute atomic E-state index is 5.89. The first kappa shape index (κ1) is 13.1. The molecule has 0 fully saturated rings. The Balaban J connectivity index is 2.17. The molecule has 2 aromatic rings. The van der Waals surface area contributed by atoms with E-state index < -0.39 is 0 Å². The van der Waals surface area contributed by atoms with Gasteiger partial charge in [-0.1, -0.05) is 5.16 Å². The van der Waals surface area contributed by atoms with Crippen LogP contribution >= 0.6 is 11.3 Å². The molecule has 18 heavy (non-hydrogen) atoms. The van der Waals surface area contributed by atoms with E-state index in [9.17, 15) is 0 Å². The molecule has 2 rings (SSSR count). The Bertz CT molecular complexity index is 523. The summed E-state index contributed by atoms with van der Waals surface area (Å²) in [5.41, 5.74) is 6.79. The van der Waals surface area contributed by atoms with E-state index in [4.69, 9.17) is 15.0 Å². The van der Waals surface area contributed by atoms with Crippen molar-refractivity contribution >= 4 is 11.3 Å². The molecule has 1 atom stereocenters. The van der Waals surface area contributed by atoms with Crippen LogP contribution in [0.25, 0.3) is 10.8 Å². The van der Waals surface area contributed by atoms with Crippen molar-refractivity contribution in [3.8, 4) is 10.8 Å². The summed E-state index contributed by atoms with van der Waals surface area (Å²) in [6, 6.07) is -0.364. The largest absolute Gasteiger partial charge is 0.380 e. The fraction of sp³-hybridized carbons (Fsp3) is 0.545. The third-order valence-electron chi connectivity index (χ3n) is 2.37. The van der Waals surface area contributed by atoms with Crippen molar-refractivity contribution in [2.75, 3.05) is 13.2 Å². The van der Waals surface area contributed by atoms with Crippen LogP contribution in [-0.2, 0) is 4.74 Å². The van der Waals surface area contributed by atoms with Crippen molar-refractivity contribution in [2.45, 2.75) is 26.8 Å². The normalized spacial score (nSPS) is 12.9. The van der Waals surface area contributed by atoms with Gasteiger partial charge in [0.15, 0.2) is 5.82 Å². The average Bonchev–Trinajstić information content (AvgIpc) is 2.92. The minimum absolute atomic E-state index is 0.364. The van der Waals surface area contributed by atoms with Crippen LogP contribution in [0.4, 0.5) is 0 Å². The van der Waals surface area contributed by atoms with E-state index in [2.05, 4.69) is 15.1 Å². The lowest BCUT2D eigenvalue weighted by molar-refractivity contribution is 0.130. The van der Waals surface area contributed by atoms with Gasteiger partial charge in [-0.3, -0.25) is 0 Å². The average molecular weight is 268 g/mol. The highest BCUT2D eigenvalue weighted by Crippen LogP contribution is 2.28. The van der Waals surface area contributed by atoms with Crippen LogP contribution in [0, 0.1) is 13.8 Å². The number of aromatic nitrogens is 3. The van der Waals surface area contributed by atoms with Gasteiger partial charge in [0.2, 0.25) is 0 Å². The van der Waals surface area contributed by atoms with Gasteiger partial charge in [0.1, 0.15) is 4.88 Å². The summed E-state index contributed by atoms with van der Waals surface area (Å²) in [5, 5.41) is 4.86. The van der Waals surface area contributed by atoms with Gasteiger partial charge < -0.3 is 15.0 Å². The highest BCUT2D eigenvalue weighted by Gasteiger charge is 2.18. The van der Waals surface area contributed by atoms with E-state index >= 15 is 0 Å². The Morgan fingerprint density at radius 3 is 2.78 bits per heavy atom. The molecule has 0 aliphatic rings. The van der Waals surface area contributed by atoms with Gasteiger partial charge in [-0.05, 0) is 20.8 Å². The summed E-state index contributed by atoms with van der Waals surface area (Å²) in [5.74, 6) is 0.934. The van der Waals surface area contributed by atoms with Gasteiger partial charge in [-0.15, -0.1) is 11.3 Å². The second kappa shape index (κ2) is 5.55. The highest BCUT2D eigenvalue weighted by molar-refractivity contribution is 7.15. The Morgan fingerprint density at radius 1 is 1.39 bits per heavy atom. The standard InChI is InChI=1S/C11H16N4O2S/c1-4-16-5-8(12)10-14-11(17-15-10)9-6(2)13-7(3)18-9/h8H,4-5,12H2,1-3H3. The second-order valence-electron chi connectivity index (χ2n) is 3.87. The maximum atomic E-state index is 5.89. The van der Waals surface area contributed by atoms with Gasteiger partial charge in [0.05, 0.1) is 23.4 Å². The Hall–Kier alpha value is -1.31. The molecule has 2 N–H and O–H groups in total. The van der Waals surface area contributed by atoms with E-state index in [1.165, 1.54) is 11.3 Å². The van der Waals surface area contributed by atoms with Gasteiger partial charge >= 0.3 is 0 Å². The molecule has 1 unspecified atom stereocenters. The summed E-state index contributed by atoms with van der Waals surface area (Å²) >= 11 is 1.53. The molecule has 0 aliphatic carbocycles. The van der Waals surface area contributed by atoms with Crippen LogP contribution in [0.15, 0.2) is 4.52 Å². The molecule has 0 saturated carbocycles. The van der Waals surface area contributed by atoms with E-state index in [0.29, 0.717) is 24.9 Å². The topological polar surface area (TPSA) is 87.1 Å². The molecule has 2 heterocycles. The van der Waals surface area contributed by atoms with Crippen molar-refractivity contribution in [3.63, 3.8) is 0 Å². The van der Waals surface area contributed by atoms with Crippen LogP contribution in [0.1, 0.15) is 29.5 Å². The number of hydrogen-bond donors (Lipinski definition) is 1. The Morgan fingerprint density at radius 2 is 2.17 bits per heavy atom. The molecule has 6 nitrogen and oxygen atoms in total. The molecule has 0 spiro atoms. The predicted octanol–water partition coefficient (Wildman–Crippen LogP) is 1.85. The van der Waals surface area contributed by atoms with Crippen LogP contribution in [0.5, 0.6) is 0 Å². The molecular formula is C11H16N4O2S. The van der Waals surface area contributed by atoms with Crippen molar-refractivity contribution in [1.82, 2.24) is 15.1 Å². The number of aryl methyl sites for hydroxylation is 2. The number of rotatable bonds is 5. The fourth-order valence-electron chi connectivity index (χ4n) is 1.53. The third-order valence-corrected chi connectivity index (χ3v) is 3.43. The number of nitrogens with two attached hydrogens (primary N) is 1. The van der Waals surface area contributed by atoms with Gasteiger partial charge in [0.25, 0.3) is 5.89 Å². The predicted molar refractivity (Wildman–Crippen MR) is 68.3 cm³/mol. The minimum Gasteiger partial charge on any atom is -0.380 e. The third kappa shape index (κ3) is 2.74. The summed E-state index contributed by atoms with van der Waals surface area (Å²) in [6.07, 6.45) is 0. The van der Waals surface area contributed by atoms with Crippen molar-refractivity contribution < 1.29 is 9.26 Å². The molecule has 0 radical (unpaired) electrons. The first-order valence-corrected chi connectivity index (χ1v) is 6.54. The van der Waals surface area contributed by atoms with Crippen molar-refractivity contribution in [1.29, 1.82) is 0 Å². The van der Waals surface area contributed by atoms with E-state index in [0.717, 1.165) is 15.6 Å². The smallest absolute Gasteiger partial charge is 0.269 e. The van der Waals surface area contributed by atoms with Crippen LogP contribution in [-0.4, -0.2) is 28.3 Å². The number of hydrogen-bond acceptors (Lipinski definition) is 7. The number of ether oxygens (including phenoxy) is 1. The lowest BCUT2D eigenvalue weighted by atomic mass is 10.3. The fourth-order valence-corrected chi connectivity index (χ4v) is 2.37. The van der Waals surface area contributed by atoms with Gasteiger partial charge in [-0.2, -0.15) is 4.98 Å². The zero-order valence-corrected chi connectivity index (χ0v) is 11.5. The number of thiazole rings is 1. The van der Waals surface area contributed by atoms with Gasteiger partial charge in [-0.25, -0.2) is 4.98 Å². The lowest BCUT2D eigenvalue weighted by Crippen LogP contribution is -2.18. The van der Waals surface area contributed by atoms with E-state index in [1.54, 1.807) is 0 Å². The zero-order chi connectivity index (χ0) is 13.1. The first-order valence-electron chi connectivity index (χ1n) is 5.73. The van der Waals surface area contributed by atoms with Crippen molar-refractivity contribution in [2.24, 2.45) is 5.73 Å². The zero-order valence-electron chi connectivity index (χ0n) is 10.6.